The molecule has 0 saturated heterocycles. The number of rotatable bonds is 4. The summed E-state index contributed by atoms with van der Waals surface area (Å²) in [5.74, 6) is 0.375. The number of ether oxygens (including phenoxy) is 1. The number of carbonyl (C=O) groups excluding carboxylic acids is 1. The van der Waals surface area contributed by atoms with Gasteiger partial charge in [0.1, 0.15) is 5.75 Å². The van der Waals surface area contributed by atoms with E-state index < -0.39 is 0 Å². The maximum Gasteiger partial charge on any atom is 0.321 e. The van der Waals surface area contributed by atoms with Crippen LogP contribution in [0.1, 0.15) is 10.4 Å². The van der Waals surface area contributed by atoms with Gasteiger partial charge in [0.15, 0.2) is 5.78 Å². The second-order valence-corrected chi connectivity index (χ2v) is 3.29. The molecule has 86 valence electrons. The van der Waals surface area contributed by atoms with E-state index in [-0.39, 0.29) is 18.3 Å². The maximum atomic E-state index is 11.4. The molecule has 5 heteroatoms. The van der Waals surface area contributed by atoms with Gasteiger partial charge in [0, 0.05) is 18.0 Å². The minimum atomic E-state index is -0.135. The zero-order valence-electron chi connectivity index (χ0n) is 9.04. The molecule has 2 aromatic rings. The lowest BCUT2D eigenvalue weighted by molar-refractivity contribution is 0.100. The molecular weight excluding hydrogens is 218 g/mol. The van der Waals surface area contributed by atoms with Gasteiger partial charge in [-0.25, -0.2) is 9.97 Å². The van der Waals surface area contributed by atoms with E-state index in [0.717, 1.165) is 0 Å². The summed E-state index contributed by atoms with van der Waals surface area (Å²) in [7, 11) is 0. The predicted molar refractivity (Wildman–Crippen MR) is 61.9 cm³/mol. The molecule has 1 aromatic heterocycles. The molecule has 17 heavy (non-hydrogen) atoms. The van der Waals surface area contributed by atoms with Crippen LogP contribution in [-0.4, -0.2) is 22.3 Å². The van der Waals surface area contributed by atoms with Crippen LogP contribution in [0.5, 0.6) is 11.8 Å². The number of nitrogens with two attached hydrogens (primary N) is 1. The molecule has 2 rings (SSSR count). The summed E-state index contributed by atoms with van der Waals surface area (Å²) in [6.45, 7) is -0.0225. The summed E-state index contributed by atoms with van der Waals surface area (Å²) in [4.78, 5) is 19.3. The Bertz CT molecular complexity index is 514. The molecule has 1 aromatic carbocycles. The van der Waals surface area contributed by atoms with E-state index in [2.05, 4.69) is 9.97 Å². The minimum absolute atomic E-state index is 0.0225. The quantitative estimate of drug-likeness (QED) is 0.802. The first kappa shape index (κ1) is 11.2. The maximum absolute atomic E-state index is 11.4. The third-order valence-electron chi connectivity index (χ3n) is 2.09. The summed E-state index contributed by atoms with van der Waals surface area (Å²) in [6, 6.07) is 8.69. The third-order valence-corrected chi connectivity index (χ3v) is 2.09. The molecule has 0 bridgehead atoms. The van der Waals surface area contributed by atoms with Gasteiger partial charge >= 0.3 is 6.01 Å². The second-order valence-electron chi connectivity index (χ2n) is 3.29. The van der Waals surface area contributed by atoms with Gasteiger partial charge in [0.05, 0.1) is 6.54 Å². The fourth-order valence-corrected chi connectivity index (χ4v) is 1.29. The number of hydrogen-bond acceptors (Lipinski definition) is 5. The van der Waals surface area contributed by atoms with Crippen molar-refractivity contribution in [2.45, 2.75) is 0 Å². The van der Waals surface area contributed by atoms with E-state index in [9.17, 15) is 4.79 Å². The summed E-state index contributed by atoms with van der Waals surface area (Å²) >= 11 is 0. The Morgan fingerprint density at radius 1 is 1.24 bits per heavy atom. The number of Topliss-reactive ketones (excluding diaryl/α,β-unsaturated/α-hetero) is 1. The normalized spacial score (nSPS) is 9.94. The number of aromatic nitrogens is 2. The Labute approximate surface area is 98.3 Å². The van der Waals surface area contributed by atoms with Gasteiger partial charge in [0.2, 0.25) is 0 Å². The molecule has 0 aliphatic carbocycles. The largest absolute Gasteiger partial charge is 0.424 e. The lowest BCUT2D eigenvalue weighted by Gasteiger charge is -2.04. The average molecular weight is 229 g/mol. The molecule has 0 radical (unpaired) electrons. The summed E-state index contributed by atoms with van der Waals surface area (Å²) < 4.78 is 5.40. The van der Waals surface area contributed by atoms with Crippen molar-refractivity contribution in [2.24, 2.45) is 5.73 Å². The third kappa shape index (κ3) is 2.85. The number of benzene rings is 1. The highest BCUT2D eigenvalue weighted by atomic mass is 16.5. The first-order chi connectivity index (χ1) is 8.29. The number of nitrogens with zero attached hydrogens (tertiary/aromatic N) is 2. The predicted octanol–water partition coefficient (Wildman–Crippen LogP) is 1.41. The molecule has 0 saturated carbocycles. The van der Waals surface area contributed by atoms with Gasteiger partial charge in [-0.2, -0.15) is 0 Å². The van der Waals surface area contributed by atoms with Crippen LogP contribution in [0.15, 0.2) is 42.7 Å². The van der Waals surface area contributed by atoms with Crippen molar-refractivity contribution in [3.8, 4) is 11.8 Å². The smallest absolute Gasteiger partial charge is 0.321 e. The van der Waals surface area contributed by atoms with Crippen molar-refractivity contribution >= 4 is 5.78 Å². The fourth-order valence-electron chi connectivity index (χ4n) is 1.29. The molecular formula is C12H11N3O2. The fraction of sp³-hybridized carbons (Fsp3) is 0.0833. The Hall–Kier alpha value is -2.27. The van der Waals surface area contributed by atoms with Crippen molar-refractivity contribution in [3.63, 3.8) is 0 Å². The molecule has 0 aliphatic heterocycles. The summed E-state index contributed by atoms with van der Waals surface area (Å²) in [6.07, 6.45) is 3.16. The zero-order valence-corrected chi connectivity index (χ0v) is 9.04. The molecule has 2 N–H and O–H groups in total. The van der Waals surface area contributed by atoms with Gasteiger partial charge in [-0.05, 0) is 18.2 Å². The topological polar surface area (TPSA) is 78.1 Å². The highest BCUT2D eigenvalue weighted by molar-refractivity contribution is 5.97. The molecule has 0 fully saturated rings. The summed E-state index contributed by atoms with van der Waals surface area (Å²) in [5.41, 5.74) is 5.81. The number of hydrogen-bond donors (Lipinski definition) is 1. The number of ketones is 1. The van der Waals surface area contributed by atoms with Crippen molar-refractivity contribution in [2.75, 3.05) is 6.54 Å². The lowest BCUT2D eigenvalue weighted by atomic mass is 10.1. The Morgan fingerprint density at radius 2 is 2.00 bits per heavy atom. The van der Waals surface area contributed by atoms with Crippen LogP contribution in [0.25, 0.3) is 0 Å². The highest BCUT2D eigenvalue weighted by Gasteiger charge is 2.05. The van der Waals surface area contributed by atoms with Gasteiger partial charge in [0.25, 0.3) is 0 Å². The Morgan fingerprint density at radius 3 is 2.71 bits per heavy atom. The molecule has 1 heterocycles. The van der Waals surface area contributed by atoms with Crippen LogP contribution < -0.4 is 10.5 Å². The first-order valence-electron chi connectivity index (χ1n) is 5.08. The van der Waals surface area contributed by atoms with E-state index in [4.69, 9.17) is 10.5 Å². The van der Waals surface area contributed by atoms with Crippen molar-refractivity contribution in [1.82, 2.24) is 9.97 Å². The van der Waals surface area contributed by atoms with Crippen LogP contribution in [0.2, 0.25) is 0 Å². The summed E-state index contributed by atoms with van der Waals surface area (Å²) in [5, 5.41) is 0. The molecule has 5 nitrogen and oxygen atoms in total. The van der Waals surface area contributed by atoms with Gasteiger partial charge in [-0.1, -0.05) is 12.1 Å². The van der Waals surface area contributed by atoms with Gasteiger partial charge < -0.3 is 10.5 Å². The molecule has 0 amide bonds. The standard InChI is InChI=1S/C12H11N3O2/c13-8-11(16)9-3-1-4-10(7-9)17-12-14-5-2-6-15-12/h1-7H,8,13H2. The average Bonchev–Trinajstić information content (AvgIpc) is 2.39. The zero-order chi connectivity index (χ0) is 12.1. The van der Waals surface area contributed by atoms with Gasteiger partial charge in [-0.15, -0.1) is 0 Å². The monoisotopic (exact) mass is 229 g/mol. The van der Waals surface area contributed by atoms with Crippen LogP contribution in [-0.2, 0) is 0 Å². The highest BCUT2D eigenvalue weighted by Crippen LogP contribution is 2.18. The van der Waals surface area contributed by atoms with Crippen LogP contribution in [0.4, 0.5) is 0 Å². The van der Waals surface area contributed by atoms with E-state index in [1.54, 1.807) is 42.7 Å². The first-order valence-corrected chi connectivity index (χ1v) is 5.08. The molecule has 0 spiro atoms. The van der Waals surface area contributed by atoms with Crippen LogP contribution >= 0.6 is 0 Å². The Balaban J connectivity index is 2.20. The Kier molecular flexibility index (Phi) is 3.42. The lowest BCUT2D eigenvalue weighted by Crippen LogP contribution is -2.13. The van der Waals surface area contributed by atoms with Crippen molar-refractivity contribution in [3.05, 3.63) is 48.3 Å². The van der Waals surface area contributed by atoms with Crippen LogP contribution in [0.3, 0.4) is 0 Å². The van der Waals surface area contributed by atoms with E-state index >= 15 is 0 Å². The minimum Gasteiger partial charge on any atom is -0.424 e. The second kappa shape index (κ2) is 5.18. The van der Waals surface area contributed by atoms with Gasteiger partial charge in [-0.3, -0.25) is 4.79 Å². The van der Waals surface area contributed by atoms with Crippen molar-refractivity contribution < 1.29 is 9.53 Å². The van der Waals surface area contributed by atoms with Crippen LogP contribution in [0, 0.1) is 0 Å². The van der Waals surface area contributed by atoms with E-state index in [0.29, 0.717) is 11.3 Å². The SMILES string of the molecule is NCC(=O)c1cccc(Oc2ncccn2)c1. The molecule has 0 aliphatic rings. The molecule has 0 atom stereocenters. The molecule has 0 unspecified atom stereocenters. The number of carbonyl (C=O) groups is 1. The van der Waals surface area contributed by atoms with Crippen molar-refractivity contribution in [1.29, 1.82) is 0 Å². The van der Waals surface area contributed by atoms with E-state index in [1.165, 1.54) is 0 Å². The van der Waals surface area contributed by atoms with E-state index in [1.807, 2.05) is 0 Å².